The Morgan fingerprint density at radius 3 is 2.56 bits per heavy atom. The van der Waals surface area contributed by atoms with Crippen molar-refractivity contribution in [1.29, 1.82) is 0 Å². The Hall–Kier alpha value is -3.14. The summed E-state index contributed by atoms with van der Waals surface area (Å²) in [5.41, 5.74) is 4.84. The maximum absolute atomic E-state index is 12.8. The third-order valence-electron chi connectivity index (χ3n) is 6.12. The predicted octanol–water partition coefficient (Wildman–Crippen LogP) is 3.53. The van der Waals surface area contributed by atoms with Gasteiger partial charge in [-0.3, -0.25) is 19.6 Å². The van der Waals surface area contributed by atoms with Gasteiger partial charge in [0.05, 0.1) is 35.8 Å². The maximum atomic E-state index is 12.8. The van der Waals surface area contributed by atoms with Gasteiger partial charge in [0.15, 0.2) is 5.82 Å². The van der Waals surface area contributed by atoms with E-state index < -0.39 is 11.2 Å². The summed E-state index contributed by atoms with van der Waals surface area (Å²) in [6.45, 7) is 4.21. The highest BCUT2D eigenvalue weighted by atomic mass is 32.2. The number of hydrogen-bond donors (Lipinski definition) is 3. The average molecular weight is 479 g/mol. The van der Waals surface area contributed by atoms with Gasteiger partial charge in [0.25, 0.3) is 0 Å². The molecule has 2 atom stereocenters. The second kappa shape index (κ2) is 10.0. The zero-order valence-corrected chi connectivity index (χ0v) is 19.4. The molecule has 34 heavy (non-hydrogen) atoms. The van der Waals surface area contributed by atoms with Crippen LogP contribution in [0.15, 0.2) is 54.6 Å². The van der Waals surface area contributed by atoms with Gasteiger partial charge in [0.2, 0.25) is 5.91 Å². The van der Waals surface area contributed by atoms with Gasteiger partial charge in [-0.25, -0.2) is 0 Å². The van der Waals surface area contributed by atoms with Gasteiger partial charge in [0, 0.05) is 25.2 Å². The van der Waals surface area contributed by atoms with Gasteiger partial charge in [-0.05, 0) is 16.7 Å². The molecule has 5 rings (SSSR count). The van der Waals surface area contributed by atoms with Crippen LogP contribution >= 0.6 is 11.8 Å². The molecule has 8 nitrogen and oxygen atoms in total. The van der Waals surface area contributed by atoms with Crippen molar-refractivity contribution < 1.29 is 19.4 Å². The van der Waals surface area contributed by atoms with Gasteiger partial charge in [-0.15, -0.1) is 11.8 Å². The number of thioether (sulfide) groups is 1. The highest BCUT2D eigenvalue weighted by Crippen LogP contribution is 2.47. The Morgan fingerprint density at radius 2 is 1.85 bits per heavy atom. The first kappa shape index (κ1) is 22.6. The average Bonchev–Trinajstić information content (AvgIpc) is 3.20. The van der Waals surface area contributed by atoms with Crippen LogP contribution in [0, 0.1) is 0 Å². The number of fused-ring (bicyclic) bond motifs is 1. The number of aromatic nitrogens is 2. The lowest BCUT2D eigenvalue weighted by Gasteiger charge is -2.26. The number of H-pyrrole nitrogens is 1. The molecule has 2 unspecified atom stereocenters. The van der Waals surface area contributed by atoms with Crippen LogP contribution in [0.2, 0.25) is 0 Å². The van der Waals surface area contributed by atoms with Crippen molar-refractivity contribution >= 4 is 29.5 Å². The zero-order valence-electron chi connectivity index (χ0n) is 18.6. The van der Waals surface area contributed by atoms with E-state index in [0.29, 0.717) is 5.82 Å². The number of carbonyl (C=O) groups is 2. The molecule has 2 aliphatic heterocycles. The lowest BCUT2D eigenvalue weighted by atomic mass is 9.99. The minimum atomic E-state index is -1.00. The lowest BCUT2D eigenvalue weighted by molar-refractivity contribution is -0.138. The number of ether oxygens (including phenoxy) is 1. The van der Waals surface area contributed by atoms with E-state index in [1.165, 1.54) is 17.3 Å². The summed E-state index contributed by atoms with van der Waals surface area (Å²) < 4.78 is 5.44. The van der Waals surface area contributed by atoms with Crippen LogP contribution in [-0.4, -0.2) is 63.6 Å². The van der Waals surface area contributed by atoms with E-state index in [2.05, 4.69) is 44.7 Å². The molecule has 3 N–H and O–H groups in total. The molecule has 1 saturated heterocycles. The molecule has 0 radical (unpaired) electrons. The molecule has 3 aromatic rings. The Bertz CT molecular complexity index is 1160. The van der Waals surface area contributed by atoms with Crippen molar-refractivity contribution in [2.24, 2.45) is 0 Å². The highest BCUT2D eigenvalue weighted by molar-refractivity contribution is 8.01. The monoisotopic (exact) mass is 478 g/mol. The van der Waals surface area contributed by atoms with Gasteiger partial charge in [-0.1, -0.05) is 54.6 Å². The topological polar surface area (TPSA) is 108 Å². The molecular weight excluding hydrogens is 452 g/mol. The fraction of sp³-hybridized carbons (Fsp3) is 0.320. The number of hydrogen-bond acceptors (Lipinski definition) is 6. The van der Waals surface area contributed by atoms with Crippen LogP contribution < -0.4 is 5.32 Å². The number of carboxylic acid groups (broad SMARTS) is 1. The minimum absolute atomic E-state index is 0.253. The number of carboxylic acids is 1. The molecule has 0 aliphatic carbocycles. The quantitative estimate of drug-likeness (QED) is 0.497. The molecule has 176 valence electrons. The second-order valence-corrected chi connectivity index (χ2v) is 9.76. The Balaban J connectivity index is 1.50. The standard InChI is InChI=1S/C25H26N4O4S/c30-20(31)14-19-25(32)26-24-21(22(27-28-24)17-4-2-1-3-5-17)23(34-19)18-8-6-16(7-9-18)15-29-10-12-33-13-11-29/h1-9,19,23H,10-15H2,(H,30,31)(H2,26,27,28,32). The van der Waals surface area contributed by atoms with Crippen molar-refractivity contribution in [2.75, 3.05) is 31.6 Å². The molecule has 1 aromatic heterocycles. The number of amides is 1. The first-order chi connectivity index (χ1) is 16.6. The molecule has 2 aliphatic rings. The van der Waals surface area contributed by atoms with Gasteiger partial charge < -0.3 is 15.2 Å². The minimum Gasteiger partial charge on any atom is -0.481 e. The van der Waals surface area contributed by atoms with E-state index in [-0.39, 0.29) is 17.6 Å². The molecule has 0 saturated carbocycles. The number of aromatic amines is 1. The molecule has 1 amide bonds. The van der Waals surface area contributed by atoms with E-state index in [1.54, 1.807) is 0 Å². The van der Waals surface area contributed by atoms with E-state index in [9.17, 15) is 14.7 Å². The summed E-state index contributed by atoms with van der Waals surface area (Å²) in [4.78, 5) is 26.7. The lowest BCUT2D eigenvalue weighted by Crippen LogP contribution is -2.35. The van der Waals surface area contributed by atoms with Crippen LogP contribution in [0.25, 0.3) is 11.3 Å². The SMILES string of the molecule is O=C(O)CC1SC(c2ccc(CN3CCOCC3)cc2)c2c(n[nH]c2-c2ccccc2)NC1=O. The molecule has 1 fully saturated rings. The van der Waals surface area contributed by atoms with E-state index in [4.69, 9.17) is 4.74 Å². The Labute approximate surface area is 201 Å². The fourth-order valence-corrected chi connectivity index (χ4v) is 5.81. The molecule has 0 spiro atoms. The first-order valence-corrected chi connectivity index (χ1v) is 12.2. The number of carbonyl (C=O) groups excluding carboxylic acids is 1. The summed E-state index contributed by atoms with van der Waals surface area (Å²) in [5.74, 6) is -0.894. The molecule has 3 heterocycles. The third-order valence-corrected chi connectivity index (χ3v) is 7.60. The van der Waals surface area contributed by atoms with E-state index in [1.807, 2.05) is 30.3 Å². The Morgan fingerprint density at radius 1 is 1.12 bits per heavy atom. The number of morpholine rings is 1. The van der Waals surface area contributed by atoms with Gasteiger partial charge >= 0.3 is 5.97 Å². The third kappa shape index (κ3) is 4.86. The molecule has 9 heteroatoms. The molecule has 0 bridgehead atoms. The number of nitrogens with one attached hydrogen (secondary N) is 2. The van der Waals surface area contributed by atoms with Gasteiger partial charge in [0.1, 0.15) is 0 Å². The van der Waals surface area contributed by atoms with Gasteiger partial charge in [-0.2, -0.15) is 5.10 Å². The highest BCUT2D eigenvalue weighted by Gasteiger charge is 2.36. The smallest absolute Gasteiger partial charge is 0.305 e. The molecule has 2 aromatic carbocycles. The summed E-state index contributed by atoms with van der Waals surface area (Å²) in [5, 5.41) is 18.7. The summed E-state index contributed by atoms with van der Waals surface area (Å²) in [6, 6.07) is 18.2. The summed E-state index contributed by atoms with van der Waals surface area (Å²) >= 11 is 1.36. The van der Waals surface area contributed by atoms with Crippen LogP contribution in [0.1, 0.15) is 28.4 Å². The van der Waals surface area contributed by atoms with Crippen LogP contribution in [0.3, 0.4) is 0 Å². The number of anilines is 1. The zero-order chi connectivity index (χ0) is 23.5. The fourth-order valence-electron chi connectivity index (χ4n) is 4.38. The van der Waals surface area contributed by atoms with Crippen molar-refractivity contribution in [1.82, 2.24) is 15.1 Å². The van der Waals surface area contributed by atoms with Crippen molar-refractivity contribution in [3.63, 3.8) is 0 Å². The second-order valence-electron chi connectivity index (χ2n) is 8.45. The summed E-state index contributed by atoms with van der Waals surface area (Å²) in [6.07, 6.45) is -0.253. The number of aliphatic carboxylic acids is 1. The van der Waals surface area contributed by atoms with E-state index in [0.717, 1.165) is 55.2 Å². The predicted molar refractivity (Wildman–Crippen MR) is 131 cm³/mol. The summed E-state index contributed by atoms with van der Waals surface area (Å²) in [7, 11) is 0. The molecular formula is C25H26N4O4S. The van der Waals surface area contributed by atoms with Crippen LogP contribution in [0.4, 0.5) is 5.82 Å². The maximum Gasteiger partial charge on any atom is 0.305 e. The Kier molecular flexibility index (Phi) is 6.66. The van der Waals surface area contributed by atoms with Crippen molar-refractivity contribution in [3.05, 3.63) is 71.3 Å². The largest absolute Gasteiger partial charge is 0.481 e. The number of benzene rings is 2. The van der Waals surface area contributed by atoms with Crippen LogP contribution in [-0.2, 0) is 20.9 Å². The van der Waals surface area contributed by atoms with Crippen molar-refractivity contribution in [3.8, 4) is 11.3 Å². The number of rotatable bonds is 6. The van der Waals surface area contributed by atoms with E-state index >= 15 is 0 Å². The number of nitrogens with zero attached hydrogens (tertiary/aromatic N) is 2. The van der Waals surface area contributed by atoms with Crippen molar-refractivity contribution in [2.45, 2.75) is 23.5 Å². The first-order valence-electron chi connectivity index (χ1n) is 11.3. The van der Waals surface area contributed by atoms with Crippen LogP contribution in [0.5, 0.6) is 0 Å². The normalized spacial score (nSPS) is 20.9.